The van der Waals surface area contributed by atoms with Crippen LogP contribution in [0.3, 0.4) is 0 Å². The first-order valence-electron chi connectivity index (χ1n) is 9.15. The fourth-order valence-electron chi connectivity index (χ4n) is 3.18. The Bertz CT molecular complexity index is 877. The summed E-state index contributed by atoms with van der Waals surface area (Å²) in [6, 6.07) is 3.55. The normalized spacial score (nSPS) is 19.9. The van der Waals surface area contributed by atoms with Crippen molar-refractivity contribution in [3.8, 4) is 5.75 Å². The summed E-state index contributed by atoms with van der Waals surface area (Å²) >= 11 is 0. The molecule has 0 spiro atoms. The minimum absolute atomic E-state index is 0.0145. The topological polar surface area (TPSA) is 92.8 Å². The van der Waals surface area contributed by atoms with Crippen molar-refractivity contribution in [1.82, 2.24) is 9.03 Å². The number of hydrogen-bond acceptors (Lipinski definition) is 5. The Morgan fingerprint density at radius 1 is 1.15 bits per heavy atom. The van der Waals surface area contributed by atoms with Crippen LogP contribution in [-0.4, -0.2) is 52.6 Å². The number of ether oxygens (including phenoxy) is 1. The van der Waals surface area contributed by atoms with Gasteiger partial charge in [0.05, 0.1) is 16.8 Å². The quantitative estimate of drug-likeness (QED) is 0.691. The minimum atomic E-state index is -3.84. The SMILES string of the molecule is CCOc1ccc(S(=O)(=O)NCC2CCN(S(=O)(=O)C3CC3)CC2)cc1F. The number of nitrogens with one attached hydrogen (secondary N) is 1. The highest BCUT2D eigenvalue weighted by Gasteiger charge is 2.41. The smallest absolute Gasteiger partial charge is 0.240 e. The van der Waals surface area contributed by atoms with E-state index in [1.165, 1.54) is 16.4 Å². The maximum absolute atomic E-state index is 13.9. The molecule has 1 aliphatic heterocycles. The molecule has 7 nitrogen and oxygen atoms in total. The van der Waals surface area contributed by atoms with Crippen molar-refractivity contribution in [2.75, 3.05) is 26.2 Å². The van der Waals surface area contributed by atoms with Crippen LogP contribution in [0.2, 0.25) is 0 Å². The van der Waals surface area contributed by atoms with Gasteiger partial charge in [0, 0.05) is 19.6 Å². The highest BCUT2D eigenvalue weighted by atomic mass is 32.2. The molecule has 0 unspecified atom stereocenters. The molecule has 1 aromatic rings. The van der Waals surface area contributed by atoms with Crippen molar-refractivity contribution in [2.24, 2.45) is 5.92 Å². The molecule has 1 saturated heterocycles. The first kappa shape index (κ1) is 20.5. The summed E-state index contributed by atoms with van der Waals surface area (Å²) in [5.41, 5.74) is 0. The van der Waals surface area contributed by atoms with Crippen LogP contribution in [0, 0.1) is 11.7 Å². The van der Waals surface area contributed by atoms with E-state index < -0.39 is 25.9 Å². The van der Waals surface area contributed by atoms with Gasteiger partial charge in [-0.2, -0.15) is 0 Å². The van der Waals surface area contributed by atoms with Crippen LogP contribution >= 0.6 is 0 Å². The van der Waals surface area contributed by atoms with Gasteiger partial charge in [-0.3, -0.25) is 0 Å². The van der Waals surface area contributed by atoms with Crippen molar-refractivity contribution in [3.63, 3.8) is 0 Å². The Morgan fingerprint density at radius 2 is 1.81 bits per heavy atom. The van der Waals surface area contributed by atoms with Crippen LogP contribution in [-0.2, 0) is 20.0 Å². The Balaban J connectivity index is 1.54. The average molecular weight is 421 g/mol. The first-order chi connectivity index (χ1) is 12.7. The van der Waals surface area contributed by atoms with E-state index in [4.69, 9.17) is 4.74 Å². The molecule has 152 valence electrons. The summed E-state index contributed by atoms with van der Waals surface area (Å²) in [5, 5.41) is -0.220. The van der Waals surface area contributed by atoms with Gasteiger partial charge in [0.1, 0.15) is 0 Å². The second kappa shape index (κ2) is 8.02. The first-order valence-corrected chi connectivity index (χ1v) is 12.1. The summed E-state index contributed by atoms with van der Waals surface area (Å²) < 4.78 is 72.3. The molecule has 1 aromatic carbocycles. The third-order valence-electron chi connectivity index (χ3n) is 4.95. The molecule has 2 aliphatic rings. The number of nitrogens with zero attached hydrogens (tertiary/aromatic N) is 1. The molecule has 0 bridgehead atoms. The van der Waals surface area contributed by atoms with Gasteiger partial charge < -0.3 is 4.74 Å². The van der Waals surface area contributed by atoms with E-state index in [2.05, 4.69) is 4.72 Å². The Hall–Kier alpha value is -1.23. The Morgan fingerprint density at radius 3 is 2.37 bits per heavy atom. The highest BCUT2D eigenvalue weighted by molar-refractivity contribution is 7.90. The van der Waals surface area contributed by atoms with Gasteiger partial charge in [-0.25, -0.2) is 30.3 Å². The van der Waals surface area contributed by atoms with Crippen molar-refractivity contribution in [2.45, 2.75) is 42.8 Å². The molecule has 0 atom stereocenters. The lowest BCUT2D eigenvalue weighted by Gasteiger charge is -2.31. The predicted octanol–water partition coefficient (Wildman–Crippen LogP) is 1.71. The largest absolute Gasteiger partial charge is 0.491 e. The van der Waals surface area contributed by atoms with Gasteiger partial charge in [-0.15, -0.1) is 0 Å². The third kappa shape index (κ3) is 4.79. The number of halogens is 1. The number of rotatable bonds is 8. The van der Waals surface area contributed by atoms with Crippen molar-refractivity contribution < 1.29 is 26.0 Å². The summed E-state index contributed by atoms with van der Waals surface area (Å²) in [6.07, 6.45) is 2.68. The van der Waals surface area contributed by atoms with Gasteiger partial charge in [0.15, 0.2) is 11.6 Å². The van der Waals surface area contributed by atoms with Gasteiger partial charge in [0.2, 0.25) is 20.0 Å². The van der Waals surface area contributed by atoms with Crippen molar-refractivity contribution in [3.05, 3.63) is 24.0 Å². The molecule has 0 aromatic heterocycles. The second-order valence-electron chi connectivity index (χ2n) is 6.96. The summed E-state index contributed by atoms with van der Waals surface area (Å²) in [6.45, 7) is 3.05. The molecular formula is C17H25FN2O5S2. The lowest BCUT2D eigenvalue weighted by Crippen LogP contribution is -2.42. The van der Waals surface area contributed by atoms with E-state index in [0.29, 0.717) is 25.9 Å². The van der Waals surface area contributed by atoms with Gasteiger partial charge in [-0.05, 0) is 56.7 Å². The molecule has 27 heavy (non-hydrogen) atoms. The molecule has 0 radical (unpaired) electrons. The van der Waals surface area contributed by atoms with Crippen LogP contribution < -0.4 is 9.46 Å². The molecule has 1 saturated carbocycles. The molecule has 10 heteroatoms. The fourth-order valence-corrected chi connectivity index (χ4v) is 6.18. The third-order valence-corrected chi connectivity index (χ3v) is 8.77. The zero-order valence-electron chi connectivity index (χ0n) is 15.2. The lowest BCUT2D eigenvalue weighted by molar-refractivity contribution is 0.274. The van der Waals surface area contributed by atoms with Crippen LogP contribution in [0.1, 0.15) is 32.6 Å². The van der Waals surface area contributed by atoms with Crippen LogP contribution in [0.15, 0.2) is 23.1 Å². The Labute approximate surface area is 160 Å². The number of piperidine rings is 1. The van der Waals surface area contributed by atoms with Crippen LogP contribution in [0.4, 0.5) is 4.39 Å². The molecule has 1 aliphatic carbocycles. The van der Waals surface area contributed by atoms with E-state index >= 15 is 0 Å². The van der Waals surface area contributed by atoms with E-state index in [-0.39, 0.29) is 35.0 Å². The second-order valence-corrected chi connectivity index (χ2v) is 10.9. The van der Waals surface area contributed by atoms with Crippen LogP contribution in [0.5, 0.6) is 5.75 Å². The van der Waals surface area contributed by atoms with Gasteiger partial charge in [-0.1, -0.05) is 0 Å². The van der Waals surface area contributed by atoms with Gasteiger partial charge in [0.25, 0.3) is 0 Å². The Kier molecular flexibility index (Phi) is 6.09. The predicted molar refractivity (Wildman–Crippen MR) is 99.0 cm³/mol. The molecule has 3 rings (SSSR count). The molecule has 2 fully saturated rings. The van der Waals surface area contributed by atoms with Crippen LogP contribution in [0.25, 0.3) is 0 Å². The fraction of sp³-hybridized carbons (Fsp3) is 0.647. The summed E-state index contributed by atoms with van der Waals surface area (Å²) in [7, 11) is -7.01. The number of benzene rings is 1. The van der Waals surface area contributed by atoms with E-state index in [0.717, 1.165) is 18.9 Å². The zero-order valence-corrected chi connectivity index (χ0v) is 16.9. The van der Waals surface area contributed by atoms with E-state index in [9.17, 15) is 21.2 Å². The highest BCUT2D eigenvalue weighted by Crippen LogP contribution is 2.33. The number of sulfonamides is 2. The molecule has 0 amide bonds. The maximum atomic E-state index is 13.9. The monoisotopic (exact) mass is 420 g/mol. The summed E-state index contributed by atoms with van der Waals surface area (Å²) in [5.74, 6) is -0.656. The summed E-state index contributed by atoms with van der Waals surface area (Å²) in [4.78, 5) is -0.155. The van der Waals surface area contributed by atoms with Crippen molar-refractivity contribution >= 4 is 20.0 Å². The average Bonchev–Trinajstić information content (AvgIpc) is 3.48. The zero-order chi connectivity index (χ0) is 19.7. The lowest BCUT2D eigenvalue weighted by atomic mass is 9.99. The standard InChI is InChI=1S/C17H25FN2O5S2/c1-2-25-17-6-5-15(11-16(17)18)26(21,22)19-12-13-7-9-20(10-8-13)27(23,24)14-3-4-14/h5-6,11,13-14,19H,2-4,7-10,12H2,1H3. The van der Waals surface area contributed by atoms with E-state index in [1.807, 2.05) is 0 Å². The molecule has 1 heterocycles. The molecular weight excluding hydrogens is 395 g/mol. The minimum Gasteiger partial charge on any atom is -0.491 e. The van der Waals surface area contributed by atoms with E-state index in [1.54, 1.807) is 6.92 Å². The van der Waals surface area contributed by atoms with Gasteiger partial charge >= 0.3 is 0 Å². The maximum Gasteiger partial charge on any atom is 0.240 e. The molecule has 1 N–H and O–H groups in total. The number of hydrogen-bond donors (Lipinski definition) is 1. The van der Waals surface area contributed by atoms with Crippen molar-refractivity contribution in [1.29, 1.82) is 0 Å².